The predicted octanol–water partition coefficient (Wildman–Crippen LogP) is 4.15. The van der Waals surface area contributed by atoms with Crippen LogP contribution in [0.3, 0.4) is 0 Å². The van der Waals surface area contributed by atoms with Crippen molar-refractivity contribution in [3.8, 4) is 11.4 Å². The number of benzene rings is 2. The van der Waals surface area contributed by atoms with E-state index < -0.39 is 6.03 Å². The number of carbonyl (C=O) groups excluding carboxylic acids is 2. The highest BCUT2D eigenvalue weighted by molar-refractivity contribution is 6.01. The number of hydrogen-bond donors (Lipinski definition) is 2. The van der Waals surface area contributed by atoms with Crippen LogP contribution in [0.1, 0.15) is 30.1 Å². The first-order valence-corrected chi connectivity index (χ1v) is 8.17. The van der Waals surface area contributed by atoms with Gasteiger partial charge in [-0.25, -0.2) is 4.79 Å². The molecule has 0 radical (unpaired) electrons. The van der Waals surface area contributed by atoms with Crippen LogP contribution in [0, 0.1) is 0 Å². The molecule has 0 saturated heterocycles. The van der Waals surface area contributed by atoms with Crippen LogP contribution in [0.15, 0.2) is 53.1 Å². The van der Waals surface area contributed by atoms with Crippen LogP contribution in [0.2, 0.25) is 0 Å². The normalized spacial score (nSPS) is 10.4. The molecule has 1 heterocycles. The zero-order valence-electron chi connectivity index (χ0n) is 14.4. The molecule has 7 nitrogen and oxygen atoms in total. The molecule has 0 aliphatic heterocycles. The van der Waals surface area contributed by atoms with Crippen LogP contribution >= 0.6 is 0 Å². The molecule has 2 amide bonds. The van der Waals surface area contributed by atoms with E-state index in [1.807, 2.05) is 6.92 Å². The summed E-state index contributed by atoms with van der Waals surface area (Å²) >= 11 is 0. The summed E-state index contributed by atoms with van der Waals surface area (Å²) in [5, 5.41) is 9.35. The number of rotatable bonds is 5. The molecule has 0 fully saturated rings. The second-order valence-electron chi connectivity index (χ2n) is 5.66. The Morgan fingerprint density at radius 3 is 2.42 bits per heavy atom. The minimum atomic E-state index is -0.397. The number of carbonyl (C=O) groups is 2. The summed E-state index contributed by atoms with van der Waals surface area (Å²) in [6, 6.07) is 13.5. The monoisotopic (exact) mass is 350 g/mol. The molecule has 26 heavy (non-hydrogen) atoms. The molecular formula is C19H18N4O3. The maximum Gasteiger partial charge on any atom is 0.323 e. The van der Waals surface area contributed by atoms with Crippen LogP contribution in [0.5, 0.6) is 0 Å². The topological polar surface area (TPSA) is 97.1 Å². The molecule has 0 atom stereocenters. The molecule has 7 heteroatoms. The minimum absolute atomic E-state index is 0.0580. The second-order valence-corrected chi connectivity index (χ2v) is 5.66. The zero-order valence-corrected chi connectivity index (χ0v) is 14.4. The van der Waals surface area contributed by atoms with Crippen molar-refractivity contribution in [1.82, 2.24) is 10.1 Å². The van der Waals surface area contributed by atoms with E-state index in [2.05, 4.69) is 20.8 Å². The highest BCUT2D eigenvalue weighted by Gasteiger charge is 2.08. The fourth-order valence-electron chi connectivity index (χ4n) is 2.33. The number of aryl methyl sites for hydroxylation is 1. The van der Waals surface area contributed by atoms with Gasteiger partial charge in [-0.15, -0.1) is 0 Å². The molecule has 3 rings (SSSR count). The van der Waals surface area contributed by atoms with Gasteiger partial charge in [-0.1, -0.05) is 24.2 Å². The van der Waals surface area contributed by atoms with Crippen LogP contribution in [-0.4, -0.2) is 22.0 Å². The van der Waals surface area contributed by atoms with Crippen molar-refractivity contribution in [3.63, 3.8) is 0 Å². The maximum atomic E-state index is 12.1. The average Bonchev–Trinajstić information content (AvgIpc) is 3.11. The first-order chi connectivity index (χ1) is 12.5. The van der Waals surface area contributed by atoms with Gasteiger partial charge in [0.05, 0.1) is 0 Å². The van der Waals surface area contributed by atoms with Crippen molar-refractivity contribution in [2.45, 2.75) is 20.3 Å². The highest BCUT2D eigenvalue weighted by atomic mass is 16.5. The van der Waals surface area contributed by atoms with Gasteiger partial charge in [0, 0.05) is 28.9 Å². The first kappa shape index (κ1) is 17.3. The van der Waals surface area contributed by atoms with Gasteiger partial charge in [0.2, 0.25) is 11.7 Å². The van der Waals surface area contributed by atoms with E-state index in [9.17, 15) is 9.59 Å². The Morgan fingerprint density at radius 1 is 1.04 bits per heavy atom. The van der Waals surface area contributed by atoms with Gasteiger partial charge in [0.25, 0.3) is 0 Å². The summed E-state index contributed by atoms with van der Waals surface area (Å²) in [7, 11) is 0. The number of nitrogens with one attached hydrogen (secondary N) is 2. The van der Waals surface area contributed by atoms with E-state index in [1.54, 1.807) is 48.5 Å². The van der Waals surface area contributed by atoms with Crippen molar-refractivity contribution < 1.29 is 14.1 Å². The van der Waals surface area contributed by atoms with Crippen LogP contribution in [-0.2, 0) is 6.42 Å². The lowest BCUT2D eigenvalue weighted by atomic mass is 10.1. The second kappa shape index (κ2) is 7.60. The van der Waals surface area contributed by atoms with Gasteiger partial charge >= 0.3 is 6.03 Å². The van der Waals surface area contributed by atoms with E-state index in [0.29, 0.717) is 35.1 Å². The summed E-state index contributed by atoms with van der Waals surface area (Å²) in [4.78, 5) is 27.8. The summed E-state index contributed by atoms with van der Waals surface area (Å²) < 4.78 is 5.09. The van der Waals surface area contributed by atoms with Gasteiger partial charge in [-0.2, -0.15) is 4.98 Å². The number of hydrogen-bond acceptors (Lipinski definition) is 5. The lowest BCUT2D eigenvalue weighted by molar-refractivity contribution is 0.101. The summed E-state index contributed by atoms with van der Waals surface area (Å²) in [6.07, 6.45) is 0.678. The number of amides is 2. The lowest BCUT2D eigenvalue weighted by Crippen LogP contribution is -2.19. The number of Topliss-reactive ketones (excluding diaryl/α,β-unsaturated/α-hetero) is 1. The zero-order chi connectivity index (χ0) is 18.5. The number of ketones is 1. The largest absolute Gasteiger partial charge is 0.339 e. The van der Waals surface area contributed by atoms with Gasteiger partial charge in [0.1, 0.15) is 0 Å². The van der Waals surface area contributed by atoms with Gasteiger partial charge in [-0.05, 0) is 43.3 Å². The van der Waals surface area contributed by atoms with Crippen molar-refractivity contribution in [1.29, 1.82) is 0 Å². The van der Waals surface area contributed by atoms with E-state index in [0.717, 1.165) is 5.56 Å². The van der Waals surface area contributed by atoms with Gasteiger partial charge in [0.15, 0.2) is 5.78 Å². The Bertz CT molecular complexity index is 932. The molecule has 0 bridgehead atoms. The molecule has 0 saturated carbocycles. The summed E-state index contributed by atoms with van der Waals surface area (Å²) in [6.45, 7) is 3.42. The molecule has 3 aromatic rings. The molecule has 0 unspecified atom stereocenters. The summed E-state index contributed by atoms with van der Waals surface area (Å²) in [5.74, 6) is 1.03. The number of nitrogens with zero attached hydrogens (tertiary/aromatic N) is 2. The smallest absolute Gasteiger partial charge is 0.323 e. The van der Waals surface area contributed by atoms with E-state index in [4.69, 9.17) is 4.52 Å². The van der Waals surface area contributed by atoms with Crippen LogP contribution in [0.4, 0.5) is 16.2 Å². The Balaban J connectivity index is 1.64. The van der Waals surface area contributed by atoms with Crippen LogP contribution in [0.25, 0.3) is 11.4 Å². The predicted molar refractivity (Wildman–Crippen MR) is 98.2 cm³/mol. The van der Waals surface area contributed by atoms with Crippen molar-refractivity contribution in [3.05, 3.63) is 60.0 Å². The first-order valence-electron chi connectivity index (χ1n) is 8.17. The quantitative estimate of drug-likeness (QED) is 0.674. The fraction of sp³-hybridized carbons (Fsp3) is 0.158. The minimum Gasteiger partial charge on any atom is -0.339 e. The molecular weight excluding hydrogens is 332 g/mol. The number of urea groups is 1. The molecule has 1 aromatic heterocycles. The summed E-state index contributed by atoms with van der Waals surface area (Å²) in [5.41, 5.74) is 2.51. The lowest BCUT2D eigenvalue weighted by Gasteiger charge is -2.08. The Morgan fingerprint density at radius 2 is 1.77 bits per heavy atom. The fourth-order valence-corrected chi connectivity index (χ4v) is 2.33. The molecule has 2 aromatic carbocycles. The van der Waals surface area contributed by atoms with Crippen molar-refractivity contribution >= 4 is 23.2 Å². The Kier molecular flexibility index (Phi) is 5.07. The van der Waals surface area contributed by atoms with Crippen LogP contribution < -0.4 is 10.6 Å². The third-order valence-corrected chi connectivity index (χ3v) is 3.70. The molecule has 0 aliphatic rings. The Labute approximate surface area is 150 Å². The Hall–Kier alpha value is -3.48. The molecule has 2 N–H and O–H groups in total. The highest BCUT2D eigenvalue weighted by Crippen LogP contribution is 2.19. The molecule has 132 valence electrons. The van der Waals surface area contributed by atoms with E-state index in [1.165, 1.54) is 6.92 Å². The average molecular weight is 350 g/mol. The van der Waals surface area contributed by atoms with Gasteiger partial charge < -0.3 is 15.2 Å². The number of aromatic nitrogens is 2. The SMILES string of the molecule is CCc1nc(-c2ccc(NC(=O)Nc3cccc(C(C)=O)c3)cc2)no1. The van der Waals surface area contributed by atoms with Crippen molar-refractivity contribution in [2.24, 2.45) is 0 Å². The van der Waals surface area contributed by atoms with E-state index >= 15 is 0 Å². The standard InChI is InChI=1S/C19H18N4O3/c1-3-17-22-18(23-26-17)13-7-9-15(10-8-13)20-19(25)21-16-6-4-5-14(11-16)12(2)24/h4-11H,3H2,1-2H3,(H2,20,21,25). The third kappa shape index (κ3) is 4.13. The van der Waals surface area contributed by atoms with E-state index in [-0.39, 0.29) is 5.78 Å². The van der Waals surface area contributed by atoms with Crippen molar-refractivity contribution in [2.75, 3.05) is 10.6 Å². The number of anilines is 2. The molecule has 0 aliphatic carbocycles. The molecule has 0 spiro atoms. The maximum absolute atomic E-state index is 12.1. The third-order valence-electron chi connectivity index (χ3n) is 3.70. The van der Waals surface area contributed by atoms with Gasteiger partial charge in [-0.3, -0.25) is 4.79 Å².